The molecule has 0 saturated heterocycles. The van der Waals surface area contributed by atoms with Gasteiger partial charge in [0.2, 0.25) is 0 Å². The first-order valence-corrected chi connectivity index (χ1v) is 7.60. The summed E-state index contributed by atoms with van der Waals surface area (Å²) in [6, 6.07) is 16.1. The van der Waals surface area contributed by atoms with Crippen molar-refractivity contribution in [3.8, 4) is 5.75 Å². The van der Waals surface area contributed by atoms with Gasteiger partial charge in [-0.25, -0.2) is 0 Å². The Morgan fingerprint density at radius 3 is 2.19 bits per heavy atom. The van der Waals surface area contributed by atoms with Gasteiger partial charge in [-0.3, -0.25) is 0 Å². The zero-order valence-electron chi connectivity index (χ0n) is 13.0. The summed E-state index contributed by atoms with van der Waals surface area (Å²) in [5.74, 6) is 1.36. The maximum absolute atomic E-state index is 10.2. The fourth-order valence-corrected chi connectivity index (χ4v) is 2.30. The molecule has 0 saturated carbocycles. The SMILES string of the molecule is CCc1ccccc1OCC(O)c1ccc(C(C)C)cc1. The first kappa shape index (κ1) is 15.6. The minimum atomic E-state index is -0.601. The quantitative estimate of drug-likeness (QED) is 0.847. The van der Waals surface area contributed by atoms with Gasteiger partial charge in [0.15, 0.2) is 0 Å². The predicted octanol–water partition coefficient (Wildman–Crippen LogP) is 4.48. The summed E-state index contributed by atoms with van der Waals surface area (Å²) in [4.78, 5) is 0. The van der Waals surface area contributed by atoms with Crippen LogP contribution in [0.15, 0.2) is 48.5 Å². The first-order chi connectivity index (χ1) is 10.1. The van der Waals surface area contributed by atoms with E-state index in [1.54, 1.807) is 0 Å². The van der Waals surface area contributed by atoms with Crippen molar-refractivity contribution >= 4 is 0 Å². The average Bonchev–Trinajstić information content (AvgIpc) is 2.52. The van der Waals surface area contributed by atoms with Crippen molar-refractivity contribution in [3.63, 3.8) is 0 Å². The molecule has 2 aromatic rings. The lowest BCUT2D eigenvalue weighted by Gasteiger charge is -2.15. The molecule has 2 heteroatoms. The van der Waals surface area contributed by atoms with Crippen molar-refractivity contribution in [1.29, 1.82) is 0 Å². The van der Waals surface area contributed by atoms with Gasteiger partial charge in [0, 0.05) is 0 Å². The van der Waals surface area contributed by atoms with E-state index >= 15 is 0 Å². The first-order valence-electron chi connectivity index (χ1n) is 7.60. The Balaban J connectivity index is 1.99. The number of aryl methyl sites for hydroxylation is 1. The van der Waals surface area contributed by atoms with Crippen LogP contribution in [-0.2, 0) is 6.42 Å². The molecule has 2 rings (SSSR count). The van der Waals surface area contributed by atoms with E-state index in [1.807, 2.05) is 30.3 Å². The highest BCUT2D eigenvalue weighted by atomic mass is 16.5. The number of para-hydroxylation sites is 1. The molecule has 0 aliphatic carbocycles. The smallest absolute Gasteiger partial charge is 0.122 e. The van der Waals surface area contributed by atoms with Gasteiger partial charge in [-0.05, 0) is 35.1 Å². The highest BCUT2D eigenvalue weighted by Crippen LogP contribution is 2.22. The summed E-state index contributed by atoms with van der Waals surface area (Å²) in [7, 11) is 0. The van der Waals surface area contributed by atoms with Gasteiger partial charge < -0.3 is 9.84 Å². The Kier molecular flexibility index (Phi) is 5.40. The van der Waals surface area contributed by atoms with E-state index in [0.717, 1.165) is 17.7 Å². The van der Waals surface area contributed by atoms with Crippen LogP contribution in [0.1, 0.15) is 49.5 Å². The Morgan fingerprint density at radius 1 is 0.952 bits per heavy atom. The van der Waals surface area contributed by atoms with Crippen molar-refractivity contribution in [1.82, 2.24) is 0 Å². The molecule has 0 fully saturated rings. The number of hydrogen-bond donors (Lipinski definition) is 1. The molecule has 1 atom stereocenters. The molecule has 21 heavy (non-hydrogen) atoms. The topological polar surface area (TPSA) is 29.5 Å². The van der Waals surface area contributed by atoms with Gasteiger partial charge in [-0.1, -0.05) is 63.2 Å². The molecule has 0 aliphatic heterocycles. The monoisotopic (exact) mass is 284 g/mol. The summed E-state index contributed by atoms with van der Waals surface area (Å²) < 4.78 is 5.77. The van der Waals surface area contributed by atoms with Crippen LogP contribution in [0.25, 0.3) is 0 Å². The van der Waals surface area contributed by atoms with Crippen LogP contribution < -0.4 is 4.74 Å². The van der Waals surface area contributed by atoms with Crippen LogP contribution in [0.2, 0.25) is 0 Å². The molecule has 0 spiro atoms. The summed E-state index contributed by atoms with van der Waals surface area (Å²) in [5.41, 5.74) is 3.34. The lowest BCUT2D eigenvalue weighted by atomic mass is 10.0. The van der Waals surface area contributed by atoms with Crippen molar-refractivity contribution in [2.24, 2.45) is 0 Å². The third kappa shape index (κ3) is 4.08. The molecule has 1 unspecified atom stereocenters. The number of rotatable bonds is 6. The van der Waals surface area contributed by atoms with E-state index in [-0.39, 0.29) is 6.61 Å². The van der Waals surface area contributed by atoms with Gasteiger partial charge in [0.05, 0.1) is 0 Å². The number of hydrogen-bond acceptors (Lipinski definition) is 2. The molecule has 2 aromatic carbocycles. The van der Waals surface area contributed by atoms with Gasteiger partial charge in [0.25, 0.3) is 0 Å². The summed E-state index contributed by atoms with van der Waals surface area (Å²) in [6.07, 6.45) is 0.325. The molecule has 0 bridgehead atoms. The van der Waals surface area contributed by atoms with E-state index in [4.69, 9.17) is 4.74 Å². The normalized spacial score (nSPS) is 12.4. The van der Waals surface area contributed by atoms with Crippen LogP contribution in [0, 0.1) is 0 Å². The van der Waals surface area contributed by atoms with Crippen molar-refractivity contribution in [2.45, 2.75) is 39.2 Å². The fraction of sp³-hybridized carbons (Fsp3) is 0.368. The van der Waals surface area contributed by atoms with Gasteiger partial charge in [-0.2, -0.15) is 0 Å². The highest BCUT2D eigenvalue weighted by Gasteiger charge is 2.10. The molecule has 0 aliphatic rings. The minimum absolute atomic E-state index is 0.276. The number of benzene rings is 2. The van der Waals surface area contributed by atoms with E-state index in [2.05, 4.69) is 39.0 Å². The summed E-state index contributed by atoms with van der Waals surface area (Å²) >= 11 is 0. The van der Waals surface area contributed by atoms with E-state index in [1.165, 1.54) is 11.1 Å². The van der Waals surface area contributed by atoms with Crippen LogP contribution in [0.5, 0.6) is 5.75 Å². The van der Waals surface area contributed by atoms with Crippen LogP contribution in [0.4, 0.5) is 0 Å². The number of aliphatic hydroxyl groups is 1. The zero-order valence-corrected chi connectivity index (χ0v) is 13.0. The summed E-state index contributed by atoms with van der Waals surface area (Å²) in [5, 5.41) is 10.2. The Bertz CT molecular complexity index is 558. The standard InChI is InChI=1S/C19H24O2/c1-4-15-7-5-6-8-19(15)21-13-18(20)17-11-9-16(10-12-17)14(2)3/h5-12,14,18,20H,4,13H2,1-3H3. The van der Waals surface area contributed by atoms with Crippen molar-refractivity contribution in [2.75, 3.05) is 6.61 Å². The average molecular weight is 284 g/mol. The third-order valence-electron chi connectivity index (χ3n) is 3.74. The molecule has 112 valence electrons. The Labute approximate surface area is 127 Å². The molecule has 0 heterocycles. The van der Waals surface area contributed by atoms with Gasteiger partial charge >= 0.3 is 0 Å². The third-order valence-corrected chi connectivity index (χ3v) is 3.74. The lowest BCUT2D eigenvalue weighted by Crippen LogP contribution is -2.10. The molecular weight excluding hydrogens is 260 g/mol. The van der Waals surface area contributed by atoms with Gasteiger partial charge in [-0.15, -0.1) is 0 Å². The van der Waals surface area contributed by atoms with E-state index < -0.39 is 6.10 Å². The second-order valence-electron chi connectivity index (χ2n) is 5.61. The van der Waals surface area contributed by atoms with Crippen LogP contribution in [-0.4, -0.2) is 11.7 Å². The summed E-state index contributed by atoms with van der Waals surface area (Å²) in [6.45, 7) is 6.70. The molecule has 0 amide bonds. The molecule has 1 N–H and O–H groups in total. The largest absolute Gasteiger partial charge is 0.490 e. The number of aliphatic hydroxyl groups excluding tert-OH is 1. The van der Waals surface area contributed by atoms with Gasteiger partial charge in [0.1, 0.15) is 18.5 Å². The molecule has 2 nitrogen and oxygen atoms in total. The Hall–Kier alpha value is -1.80. The highest BCUT2D eigenvalue weighted by molar-refractivity contribution is 5.33. The van der Waals surface area contributed by atoms with E-state index in [0.29, 0.717) is 5.92 Å². The number of ether oxygens (including phenoxy) is 1. The molecule has 0 aromatic heterocycles. The zero-order chi connectivity index (χ0) is 15.2. The minimum Gasteiger partial charge on any atom is -0.490 e. The van der Waals surface area contributed by atoms with Crippen LogP contribution in [0.3, 0.4) is 0 Å². The van der Waals surface area contributed by atoms with E-state index in [9.17, 15) is 5.11 Å². The maximum Gasteiger partial charge on any atom is 0.122 e. The molecular formula is C19H24O2. The lowest BCUT2D eigenvalue weighted by molar-refractivity contribution is 0.107. The van der Waals surface area contributed by atoms with Crippen LogP contribution >= 0.6 is 0 Å². The van der Waals surface area contributed by atoms with Crippen molar-refractivity contribution < 1.29 is 9.84 Å². The predicted molar refractivity (Wildman–Crippen MR) is 86.8 cm³/mol. The fourth-order valence-electron chi connectivity index (χ4n) is 2.30. The molecule has 0 radical (unpaired) electrons. The second-order valence-corrected chi connectivity index (χ2v) is 5.61. The van der Waals surface area contributed by atoms with Crippen molar-refractivity contribution in [3.05, 3.63) is 65.2 Å². The second kappa shape index (κ2) is 7.28. The maximum atomic E-state index is 10.2. The Morgan fingerprint density at radius 2 is 1.57 bits per heavy atom.